The number of amides is 3. The van der Waals surface area contributed by atoms with E-state index in [2.05, 4.69) is 28.1 Å². The lowest BCUT2D eigenvalue weighted by atomic mass is 10.1. The van der Waals surface area contributed by atoms with Gasteiger partial charge in [-0.15, -0.1) is 0 Å². The summed E-state index contributed by atoms with van der Waals surface area (Å²) in [5.41, 5.74) is 2.51. The SMILES string of the molecule is CC(CCc1ccccc1)NC(=O)Nc1ccc(NC(=O)c2ccco2)cc1. The molecule has 0 saturated carbocycles. The van der Waals surface area contributed by atoms with E-state index in [0.29, 0.717) is 11.4 Å². The Bertz CT molecular complexity index is 891. The topological polar surface area (TPSA) is 83.4 Å². The van der Waals surface area contributed by atoms with Crippen LogP contribution >= 0.6 is 0 Å². The van der Waals surface area contributed by atoms with E-state index in [0.717, 1.165) is 12.8 Å². The van der Waals surface area contributed by atoms with Crippen LogP contribution in [0.3, 0.4) is 0 Å². The lowest BCUT2D eigenvalue weighted by Crippen LogP contribution is -2.36. The first kappa shape index (κ1) is 19.2. The van der Waals surface area contributed by atoms with Gasteiger partial charge in [-0.05, 0) is 61.7 Å². The molecule has 0 saturated heterocycles. The smallest absolute Gasteiger partial charge is 0.319 e. The van der Waals surface area contributed by atoms with Crippen molar-refractivity contribution in [3.63, 3.8) is 0 Å². The van der Waals surface area contributed by atoms with Gasteiger partial charge in [0.2, 0.25) is 0 Å². The van der Waals surface area contributed by atoms with Crippen molar-refractivity contribution in [2.75, 3.05) is 10.6 Å². The maximum atomic E-state index is 12.1. The van der Waals surface area contributed by atoms with Crippen molar-refractivity contribution in [1.29, 1.82) is 0 Å². The maximum absolute atomic E-state index is 12.1. The monoisotopic (exact) mass is 377 g/mol. The first-order valence-corrected chi connectivity index (χ1v) is 9.16. The molecule has 3 amide bonds. The molecule has 6 heteroatoms. The molecule has 28 heavy (non-hydrogen) atoms. The van der Waals surface area contributed by atoms with E-state index in [1.54, 1.807) is 36.4 Å². The first-order valence-electron chi connectivity index (χ1n) is 9.16. The highest BCUT2D eigenvalue weighted by Crippen LogP contribution is 2.15. The zero-order valence-electron chi connectivity index (χ0n) is 15.6. The Labute approximate surface area is 164 Å². The van der Waals surface area contributed by atoms with Gasteiger partial charge in [0.15, 0.2) is 5.76 Å². The zero-order chi connectivity index (χ0) is 19.8. The normalized spacial score (nSPS) is 11.5. The van der Waals surface area contributed by atoms with Gasteiger partial charge in [0.1, 0.15) is 0 Å². The van der Waals surface area contributed by atoms with Crippen LogP contribution in [0.25, 0.3) is 0 Å². The van der Waals surface area contributed by atoms with Crippen LogP contribution < -0.4 is 16.0 Å². The number of benzene rings is 2. The molecule has 3 N–H and O–H groups in total. The zero-order valence-corrected chi connectivity index (χ0v) is 15.6. The summed E-state index contributed by atoms with van der Waals surface area (Å²) in [6.45, 7) is 1.98. The number of carbonyl (C=O) groups excluding carboxylic acids is 2. The van der Waals surface area contributed by atoms with Gasteiger partial charge in [0.05, 0.1) is 6.26 Å². The van der Waals surface area contributed by atoms with Crippen molar-refractivity contribution < 1.29 is 14.0 Å². The quantitative estimate of drug-likeness (QED) is 0.559. The Morgan fingerprint density at radius 3 is 2.21 bits per heavy atom. The van der Waals surface area contributed by atoms with E-state index >= 15 is 0 Å². The Morgan fingerprint density at radius 2 is 1.57 bits per heavy atom. The summed E-state index contributed by atoms with van der Waals surface area (Å²) >= 11 is 0. The number of furan rings is 1. The van der Waals surface area contributed by atoms with E-state index < -0.39 is 0 Å². The van der Waals surface area contributed by atoms with Crippen molar-refractivity contribution in [1.82, 2.24) is 5.32 Å². The van der Waals surface area contributed by atoms with E-state index in [1.807, 2.05) is 25.1 Å². The molecule has 144 valence electrons. The molecule has 3 aromatic rings. The summed E-state index contributed by atoms with van der Waals surface area (Å²) < 4.78 is 5.05. The Morgan fingerprint density at radius 1 is 0.893 bits per heavy atom. The molecule has 0 radical (unpaired) electrons. The highest BCUT2D eigenvalue weighted by molar-refractivity contribution is 6.02. The predicted octanol–water partition coefficient (Wildman–Crippen LogP) is 4.67. The van der Waals surface area contributed by atoms with Crippen LogP contribution in [0, 0.1) is 0 Å². The largest absolute Gasteiger partial charge is 0.459 e. The number of nitrogens with one attached hydrogen (secondary N) is 3. The van der Waals surface area contributed by atoms with Crippen molar-refractivity contribution >= 4 is 23.3 Å². The molecule has 1 atom stereocenters. The van der Waals surface area contributed by atoms with Crippen LogP contribution in [0.5, 0.6) is 0 Å². The third kappa shape index (κ3) is 5.74. The van der Waals surface area contributed by atoms with Gasteiger partial charge < -0.3 is 20.4 Å². The molecular formula is C22H23N3O3. The van der Waals surface area contributed by atoms with Gasteiger partial charge in [0, 0.05) is 17.4 Å². The van der Waals surface area contributed by atoms with Gasteiger partial charge >= 0.3 is 6.03 Å². The van der Waals surface area contributed by atoms with Crippen molar-refractivity contribution in [3.05, 3.63) is 84.3 Å². The second kappa shape index (κ2) is 9.41. The molecular weight excluding hydrogens is 354 g/mol. The van der Waals surface area contributed by atoms with E-state index in [9.17, 15) is 9.59 Å². The van der Waals surface area contributed by atoms with Gasteiger partial charge in [-0.2, -0.15) is 0 Å². The van der Waals surface area contributed by atoms with Crippen LogP contribution in [-0.4, -0.2) is 18.0 Å². The summed E-state index contributed by atoms with van der Waals surface area (Å²) in [5.74, 6) is -0.0817. The van der Waals surface area contributed by atoms with E-state index in [4.69, 9.17) is 4.42 Å². The van der Waals surface area contributed by atoms with Crippen LogP contribution in [0.15, 0.2) is 77.4 Å². The molecule has 1 heterocycles. The van der Waals surface area contributed by atoms with Crippen molar-refractivity contribution in [3.8, 4) is 0 Å². The summed E-state index contributed by atoms with van der Waals surface area (Å²) in [7, 11) is 0. The Kier molecular flexibility index (Phi) is 6.46. The predicted molar refractivity (Wildman–Crippen MR) is 109 cm³/mol. The summed E-state index contributed by atoms with van der Waals surface area (Å²) in [4.78, 5) is 24.1. The molecule has 0 aliphatic rings. The molecule has 0 spiro atoms. The molecule has 0 aliphatic carbocycles. The second-order valence-corrected chi connectivity index (χ2v) is 6.53. The molecule has 6 nitrogen and oxygen atoms in total. The minimum Gasteiger partial charge on any atom is -0.459 e. The average molecular weight is 377 g/mol. The van der Waals surface area contributed by atoms with Gasteiger partial charge in [-0.25, -0.2) is 4.79 Å². The number of rotatable bonds is 7. The molecule has 1 unspecified atom stereocenters. The number of aryl methyl sites for hydroxylation is 1. The van der Waals surface area contributed by atoms with E-state index in [-0.39, 0.29) is 23.7 Å². The van der Waals surface area contributed by atoms with Crippen LogP contribution in [-0.2, 0) is 6.42 Å². The highest BCUT2D eigenvalue weighted by Gasteiger charge is 2.10. The van der Waals surface area contributed by atoms with Crippen molar-refractivity contribution in [2.45, 2.75) is 25.8 Å². The van der Waals surface area contributed by atoms with Crippen LogP contribution in [0.4, 0.5) is 16.2 Å². The molecule has 0 bridgehead atoms. The Balaban J connectivity index is 1.44. The molecule has 2 aromatic carbocycles. The fourth-order valence-corrected chi connectivity index (χ4v) is 2.73. The third-order valence-corrected chi connectivity index (χ3v) is 4.23. The number of anilines is 2. The molecule has 1 aromatic heterocycles. The first-order chi connectivity index (χ1) is 13.6. The fraction of sp³-hybridized carbons (Fsp3) is 0.182. The van der Waals surface area contributed by atoms with Crippen molar-refractivity contribution in [2.24, 2.45) is 0 Å². The minimum absolute atomic E-state index is 0.0482. The number of urea groups is 1. The lowest BCUT2D eigenvalue weighted by molar-refractivity contribution is 0.0996. The molecule has 0 aliphatic heterocycles. The van der Waals surface area contributed by atoms with Gasteiger partial charge in [-0.1, -0.05) is 30.3 Å². The number of carbonyl (C=O) groups is 2. The number of hydrogen-bond acceptors (Lipinski definition) is 3. The number of hydrogen-bond donors (Lipinski definition) is 3. The standard InChI is InChI=1S/C22H23N3O3/c1-16(9-10-17-6-3-2-4-7-17)23-22(27)25-19-13-11-18(12-14-19)24-21(26)20-8-5-15-28-20/h2-8,11-16H,9-10H2,1H3,(H,24,26)(H2,23,25,27). The fourth-order valence-electron chi connectivity index (χ4n) is 2.73. The summed E-state index contributed by atoms with van der Waals surface area (Å²) in [6, 6.07) is 20.1. The van der Waals surface area contributed by atoms with Crippen LogP contribution in [0.2, 0.25) is 0 Å². The average Bonchev–Trinajstić information content (AvgIpc) is 3.24. The second-order valence-electron chi connectivity index (χ2n) is 6.53. The van der Waals surface area contributed by atoms with Gasteiger partial charge in [0.25, 0.3) is 5.91 Å². The molecule has 0 fully saturated rings. The van der Waals surface area contributed by atoms with Gasteiger partial charge in [-0.3, -0.25) is 4.79 Å². The highest BCUT2D eigenvalue weighted by atomic mass is 16.3. The Hall–Kier alpha value is -3.54. The lowest BCUT2D eigenvalue weighted by Gasteiger charge is -2.15. The molecule has 3 rings (SSSR count). The third-order valence-electron chi connectivity index (χ3n) is 4.23. The summed E-state index contributed by atoms with van der Waals surface area (Å²) in [6.07, 6.45) is 3.21. The van der Waals surface area contributed by atoms with E-state index in [1.165, 1.54) is 11.8 Å². The maximum Gasteiger partial charge on any atom is 0.319 e. The van der Waals surface area contributed by atoms with Crippen LogP contribution in [0.1, 0.15) is 29.5 Å². The minimum atomic E-state index is -0.323. The summed E-state index contributed by atoms with van der Waals surface area (Å²) in [5, 5.41) is 8.46.